The molecular weight excluding hydrogens is 202 g/mol. The normalized spacial score (nSPS) is 17.3. The minimum Gasteiger partial charge on any atom is -0.378 e. The summed E-state index contributed by atoms with van der Waals surface area (Å²) in [4.78, 5) is 11.5. The molecule has 0 aromatic heterocycles. The van der Waals surface area contributed by atoms with E-state index in [4.69, 9.17) is 4.74 Å². The Morgan fingerprint density at radius 1 is 1.31 bits per heavy atom. The summed E-state index contributed by atoms with van der Waals surface area (Å²) < 4.78 is 5.68. The fraction of sp³-hybridized carbons (Fsp3) is 0.769. The first-order valence-corrected chi connectivity index (χ1v) is 6.17. The van der Waals surface area contributed by atoms with E-state index >= 15 is 0 Å². The van der Waals surface area contributed by atoms with Gasteiger partial charge in [0.05, 0.1) is 12.7 Å². The third-order valence-electron chi connectivity index (χ3n) is 2.85. The van der Waals surface area contributed by atoms with Crippen LogP contribution in [-0.2, 0) is 9.53 Å². The maximum Gasteiger partial charge on any atom is 0.135 e. The lowest BCUT2D eigenvalue weighted by Crippen LogP contribution is -2.32. The van der Waals surface area contributed by atoms with Gasteiger partial charge in [-0.2, -0.15) is 0 Å². The van der Waals surface area contributed by atoms with Crippen LogP contribution in [0.4, 0.5) is 0 Å². The number of Topliss-reactive ketones (excluding diaryl/α,β-unsaturated/α-hetero) is 1. The quantitative estimate of drug-likeness (QED) is 0.674. The molecule has 0 bridgehead atoms. The van der Waals surface area contributed by atoms with E-state index in [0.29, 0.717) is 25.6 Å². The second-order valence-electron chi connectivity index (χ2n) is 4.57. The van der Waals surface area contributed by atoms with Crippen LogP contribution in [0.1, 0.15) is 39.0 Å². The van der Waals surface area contributed by atoms with Crippen LogP contribution in [0.3, 0.4) is 0 Å². The van der Waals surface area contributed by atoms with Gasteiger partial charge >= 0.3 is 0 Å². The molecule has 0 unspecified atom stereocenters. The second kappa shape index (κ2) is 7.58. The van der Waals surface area contributed by atoms with Crippen molar-refractivity contribution in [1.29, 1.82) is 0 Å². The van der Waals surface area contributed by atoms with E-state index < -0.39 is 0 Å². The number of ether oxygens (including phenoxy) is 1. The molecule has 0 atom stereocenters. The van der Waals surface area contributed by atoms with E-state index in [9.17, 15) is 4.79 Å². The Bertz CT molecular complexity index is 232. The SMILES string of the molecule is C=C(C)CCC(=O)CCOC1CCNCC1. The van der Waals surface area contributed by atoms with Crippen LogP contribution in [0.25, 0.3) is 0 Å². The number of hydrogen-bond acceptors (Lipinski definition) is 3. The summed E-state index contributed by atoms with van der Waals surface area (Å²) in [5, 5.41) is 3.29. The number of carbonyl (C=O) groups excluding carboxylic acids is 1. The highest BCUT2D eigenvalue weighted by atomic mass is 16.5. The molecule has 0 aliphatic carbocycles. The number of ketones is 1. The highest BCUT2D eigenvalue weighted by molar-refractivity contribution is 5.78. The van der Waals surface area contributed by atoms with E-state index in [2.05, 4.69) is 11.9 Å². The molecular formula is C13H23NO2. The Labute approximate surface area is 98.2 Å². The van der Waals surface area contributed by atoms with Crippen molar-refractivity contribution in [3.05, 3.63) is 12.2 Å². The van der Waals surface area contributed by atoms with Gasteiger partial charge in [-0.3, -0.25) is 4.79 Å². The minimum atomic E-state index is 0.289. The van der Waals surface area contributed by atoms with Crippen molar-refractivity contribution in [2.45, 2.75) is 45.1 Å². The molecule has 92 valence electrons. The van der Waals surface area contributed by atoms with Crippen molar-refractivity contribution in [2.75, 3.05) is 19.7 Å². The molecule has 1 heterocycles. The number of hydrogen-bond donors (Lipinski definition) is 1. The minimum absolute atomic E-state index is 0.289. The monoisotopic (exact) mass is 225 g/mol. The molecule has 0 saturated carbocycles. The first-order chi connectivity index (χ1) is 7.68. The first kappa shape index (κ1) is 13.4. The van der Waals surface area contributed by atoms with E-state index in [0.717, 1.165) is 37.9 Å². The summed E-state index contributed by atoms with van der Waals surface area (Å²) in [5.74, 6) is 0.289. The Balaban J connectivity index is 2.01. The third-order valence-corrected chi connectivity index (χ3v) is 2.85. The number of carbonyl (C=O) groups is 1. The van der Waals surface area contributed by atoms with Gasteiger partial charge in [0.2, 0.25) is 0 Å². The van der Waals surface area contributed by atoms with Crippen LogP contribution in [0.5, 0.6) is 0 Å². The Morgan fingerprint density at radius 2 is 2.00 bits per heavy atom. The van der Waals surface area contributed by atoms with Crippen LogP contribution < -0.4 is 5.32 Å². The van der Waals surface area contributed by atoms with Crippen molar-refractivity contribution in [2.24, 2.45) is 0 Å². The molecule has 0 spiro atoms. The van der Waals surface area contributed by atoms with Crippen LogP contribution in [-0.4, -0.2) is 31.6 Å². The molecule has 3 heteroatoms. The molecule has 1 aliphatic rings. The molecule has 0 radical (unpaired) electrons. The summed E-state index contributed by atoms with van der Waals surface area (Å²) in [6.45, 7) is 8.40. The molecule has 3 nitrogen and oxygen atoms in total. The predicted molar refractivity (Wildman–Crippen MR) is 65.5 cm³/mol. The lowest BCUT2D eigenvalue weighted by atomic mass is 10.1. The van der Waals surface area contributed by atoms with Gasteiger partial charge in [0, 0.05) is 12.8 Å². The van der Waals surface area contributed by atoms with Crippen molar-refractivity contribution in [3.8, 4) is 0 Å². The molecule has 16 heavy (non-hydrogen) atoms. The average Bonchev–Trinajstić information content (AvgIpc) is 2.28. The van der Waals surface area contributed by atoms with Gasteiger partial charge in [-0.15, -0.1) is 6.58 Å². The van der Waals surface area contributed by atoms with Gasteiger partial charge in [0.1, 0.15) is 5.78 Å². The zero-order valence-corrected chi connectivity index (χ0v) is 10.3. The topological polar surface area (TPSA) is 38.3 Å². The second-order valence-corrected chi connectivity index (χ2v) is 4.57. The Hall–Kier alpha value is -0.670. The number of nitrogens with one attached hydrogen (secondary N) is 1. The van der Waals surface area contributed by atoms with Crippen LogP contribution >= 0.6 is 0 Å². The number of rotatable bonds is 7. The van der Waals surface area contributed by atoms with Crippen LogP contribution in [0.2, 0.25) is 0 Å². The summed E-state index contributed by atoms with van der Waals surface area (Å²) in [6, 6.07) is 0. The van der Waals surface area contributed by atoms with Gasteiger partial charge in [0.25, 0.3) is 0 Å². The van der Waals surface area contributed by atoms with E-state index in [1.165, 1.54) is 0 Å². The van der Waals surface area contributed by atoms with E-state index in [1.807, 2.05) is 6.92 Å². The Morgan fingerprint density at radius 3 is 2.62 bits per heavy atom. The standard InChI is InChI=1S/C13H23NO2/c1-11(2)3-4-12(15)7-10-16-13-5-8-14-9-6-13/h13-14H,1,3-10H2,2H3. The predicted octanol–water partition coefficient (Wildman–Crippen LogP) is 2.07. The molecule has 0 amide bonds. The molecule has 1 fully saturated rings. The fourth-order valence-corrected chi connectivity index (χ4v) is 1.78. The molecule has 1 saturated heterocycles. The van der Waals surface area contributed by atoms with Crippen molar-refractivity contribution >= 4 is 5.78 Å². The first-order valence-electron chi connectivity index (χ1n) is 6.17. The van der Waals surface area contributed by atoms with Gasteiger partial charge in [0.15, 0.2) is 0 Å². The molecule has 1 rings (SSSR count). The summed E-state index contributed by atoms with van der Waals surface area (Å²) >= 11 is 0. The zero-order valence-electron chi connectivity index (χ0n) is 10.3. The summed E-state index contributed by atoms with van der Waals surface area (Å²) in [6.07, 6.45) is 4.48. The maximum atomic E-state index is 11.5. The Kier molecular flexibility index (Phi) is 6.34. The van der Waals surface area contributed by atoms with Gasteiger partial charge in [-0.05, 0) is 39.3 Å². The smallest absolute Gasteiger partial charge is 0.135 e. The molecule has 1 N–H and O–H groups in total. The number of allylic oxidation sites excluding steroid dienone is 1. The van der Waals surface area contributed by atoms with Crippen LogP contribution in [0.15, 0.2) is 12.2 Å². The van der Waals surface area contributed by atoms with Gasteiger partial charge < -0.3 is 10.1 Å². The van der Waals surface area contributed by atoms with Gasteiger partial charge in [-0.25, -0.2) is 0 Å². The van der Waals surface area contributed by atoms with E-state index in [-0.39, 0.29) is 5.78 Å². The van der Waals surface area contributed by atoms with Gasteiger partial charge in [-0.1, -0.05) is 5.57 Å². The highest BCUT2D eigenvalue weighted by Gasteiger charge is 2.13. The molecule has 1 aliphatic heterocycles. The molecule has 0 aromatic rings. The largest absolute Gasteiger partial charge is 0.378 e. The summed E-state index contributed by atoms with van der Waals surface area (Å²) in [7, 11) is 0. The fourth-order valence-electron chi connectivity index (χ4n) is 1.78. The van der Waals surface area contributed by atoms with Crippen molar-refractivity contribution in [3.63, 3.8) is 0 Å². The summed E-state index contributed by atoms with van der Waals surface area (Å²) in [5.41, 5.74) is 1.08. The number of piperidine rings is 1. The van der Waals surface area contributed by atoms with E-state index in [1.54, 1.807) is 0 Å². The van der Waals surface area contributed by atoms with Crippen molar-refractivity contribution < 1.29 is 9.53 Å². The van der Waals surface area contributed by atoms with Crippen molar-refractivity contribution in [1.82, 2.24) is 5.32 Å². The zero-order chi connectivity index (χ0) is 11.8. The maximum absolute atomic E-state index is 11.5. The molecule has 0 aromatic carbocycles. The van der Waals surface area contributed by atoms with Crippen LogP contribution in [0, 0.1) is 0 Å². The average molecular weight is 225 g/mol. The lowest BCUT2D eigenvalue weighted by molar-refractivity contribution is -0.120. The lowest BCUT2D eigenvalue weighted by Gasteiger charge is -2.22. The highest BCUT2D eigenvalue weighted by Crippen LogP contribution is 2.08. The third kappa shape index (κ3) is 6.03.